The van der Waals surface area contributed by atoms with E-state index in [4.69, 9.17) is 18.5 Å². The number of rotatable bonds is 10. The van der Waals surface area contributed by atoms with Crippen LogP contribution >= 0.6 is 7.75 Å². The third-order valence-electron chi connectivity index (χ3n) is 5.55. The van der Waals surface area contributed by atoms with Crippen LogP contribution in [0.5, 0.6) is 5.75 Å². The van der Waals surface area contributed by atoms with Crippen molar-refractivity contribution in [3.8, 4) is 5.75 Å². The van der Waals surface area contributed by atoms with Gasteiger partial charge in [-0.25, -0.2) is 9.36 Å². The average molecular weight is 537 g/mol. The van der Waals surface area contributed by atoms with Gasteiger partial charge in [0.25, 0.3) is 5.56 Å². The van der Waals surface area contributed by atoms with Gasteiger partial charge in [-0.2, -0.15) is 9.48 Å². The van der Waals surface area contributed by atoms with Crippen LogP contribution in [0, 0.1) is 5.82 Å². The number of nitrogens with zero attached hydrogens (tertiary/aromatic N) is 1. The highest BCUT2D eigenvalue weighted by molar-refractivity contribution is 7.52. The first kappa shape index (κ1) is 26.7. The minimum Gasteiger partial charge on any atom is -0.465 e. The molecule has 12 nitrogen and oxygen atoms in total. The molecule has 3 N–H and O–H groups in total. The molecule has 2 heterocycles. The van der Waals surface area contributed by atoms with Gasteiger partial charge in [-0.05, 0) is 25.3 Å². The third kappa shape index (κ3) is 5.81. The van der Waals surface area contributed by atoms with Crippen LogP contribution in [-0.4, -0.2) is 52.1 Å². The zero-order valence-electron chi connectivity index (χ0n) is 19.8. The van der Waals surface area contributed by atoms with E-state index >= 15 is 0 Å². The van der Waals surface area contributed by atoms with Crippen molar-refractivity contribution in [1.29, 1.82) is 0 Å². The molecule has 1 aliphatic heterocycles. The molecular formula is C23H25FN3O9P. The first-order chi connectivity index (χ1) is 17.6. The van der Waals surface area contributed by atoms with Gasteiger partial charge in [0.15, 0.2) is 6.23 Å². The maximum absolute atomic E-state index is 13.7. The number of esters is 1. The van der Waals surface area contributed by atoms with Gasteiger partial charge in [0.05, 0.1) is 19.4 Å². The SMILES string of the molecule is CCOC(=O)[C@H](C)NP(=O)(OCC1OC(n2cc(F)c(=O)[nH]c2=O)C1O)Oc1cccc2ccccc12. The van der Waals surface area contributed by atoms with Crippen molar-refractivity contribution in [1.82, 2.24) is 14.6 Å². The number of carbonyl (C=O) groups excluding carboxylic acids is 1. The Morgan fingerprint density at radius 2 is 2.00 bits per heavy atom. The zero-order valence-corrected chi connectivity index (χ0v) is 20.7. The highest BCUT2D eigenvalue weighted by atomic mass is 31.2. The highest BCUT2D eigenvalue weighted by Crippen LogP contribution is 2.47. The zero-order chi connectivity index (χ0) is 26.7. The smallest absolute Gasteiger partial charge is 0.459 e. The van der Waals surface area contributed by atoms with E-state index < -0.39 is 61.9 Å². The summed E-state index contributed by atoms with van der Waals surface area (Å²) in [4.78, 5) is 37.1. The largest absolute Gasteiger partial charge is 0.465 e. The van der Waals surface area contributed by atoms with Crippen LogP contribution in [0.2, 0.25) is 0 Å². The predicted molar refractivity (Wildman–Crippen MR) is 129 cm³/mol. The number of aromatic nitrogens is 2. The van der Waals surface area contributed by atoms with Crippen molar-refractivity contribution < 1.29 is 37.4 Å². The van der Waals surface area contributed by atoms with Crippen LogP contribution < -0.4 is 20.9 Å². The number of carbonyl (C=O) groups is 1. The molecule has 0 amide bonds. The second-order valence-corrected chi connectivity index (χ2v) is 9.86. The molecule has 1 fully saturated rings. The Morgan fingerprint density at radius 3 is 2.73 bits per heavy atom. The Balaban J connectivity index is 1.52. The Morgan fingerprint density at radius 1 is 1.27 bits per heavy atom. The predicted octanol–water partition coefficient (Wildman–Crippen LogP) is 1.83. The van der Waals surface area contributed by atoms with E-state index in [0.717, 1.165) is 5.39 Å². The number of nitrogens with one attached hydrogen (secondary N) is 2. The van der Waals surface area contributed by atoms with Crippen LogP contribution in [0.25, 0.3) is 10.8 Å². The number of ether oxygens (including phenoxy) is 2. The maximum atomic E-state index is 13.7. The van der Waals surface area contributed by atoms with E-state index in [-0.39, 0.29) is 12.4 Å². The van der Waals surface area contributed by atoms with Gasteiger partial charge in [0.2, 0.25) is 5.82 Å². The number of fused-ring (bicyclic) bond motifs is 1. The number of hydrogen-bond donors (Lipinski definition) is 3. The van der Waals surface area contributed by atoms with E-state index in [0.29, 0.717) is 16.2 Å². The fourth-order valence-corrected chi connectivity index (χ4v) is 5.20. The fourth-order valence-electron chi connectivity index (χ4n) is 3.68. The van der Waals surface area contributed by atoms with Crippen LogP contribution in [-0.2, 0) is 23.4 Å². The monoisotopic (exact) mass is 537 g/mol. The fraction of sp³-hybridized carbons (Fsp3) is 0.348. The second-order valence-electron chi connectivity index (χ2n) is 8.16. The number of hydrogen-bond acceptors (Lipinski definition) is 9. The van der Waals surface area contributed by atoms with Crippen LogP contribution in [0.4, 0.5) is 4.39 Å². The summed E-state index contributed by atoms with van der Waals surface area (Å²) >= 11 is 0. The van der Waals surface area contributed by atoms with Crippen LogP contribution in [0.3, 0.4) is 0 Å². The van der Waals surface area contributed by atoms with E-state index in [9.17, 15) is 28.4 Å². The lowest BCUT2D eigenvalue weighted by atomic mass is 10.1. The van der Waals surface area contributed by atoms with Crippen molar-refractivity contribution in [2.24, 2.45) is 0 Å². The summed E-state index contributed by atoms with van der Waals surface area (Å²) < 4.78 is 49.7. The molecule has 0 saturated carbocycles. The molecule has 1 saturated heterocycles. The van der Waals surface area contributed by atoms with Crippen molar-refractivity contribution in [2.75, 3.05) is 13.2 Å². The molecule has 14 heteroatoms. The molecule has 0 spiro atoms. The highest BCUT2D eigenvalue weighted by Gasteiger charge is 2.45. The van der Waals surface area contributed by atoms with E-state index in [1.807, 2.05) is 18.2 Å². The molecule has 0 radical (unpaired) electrons. The van der Waals surface area contributed by atoms with Crippen LogP contribution in [0.1, 0.15) is 20.1 Å². The van der Waals surface area contributed by atoms with Crippen molar-refractivity contribution in [2.45, 2.75) is 38.3 Å². The summed E-state index contributed by atoms with van der Waals surface area (Å²) in [6.07, 6.45) is -3.16. The number of aromatic amines is 1. The van der Waals surface area contributed by atoms with E-state index in [2.05, 4.69) is 5.09 Å². The van der Waals surface area contributed by atoms with Gasteiger partial charge >= 0.3 is 19.4 Å². The molecule has 0 bridgehead atoms. The summed E-state index contributed by atoms with van der Waals surface area (Å²) in [5, 5.41) is 14.4. The van der Waals surface area contributed by atoms with Crippen molar-refractivity contribution in [3.63, 3.8) is 0 Å². The molecule has 37 heavy (non-hydrogen) atoms. The second kappa shape index (κ2) is 11.0. The Hall–Kier alpha value is -3.35. The first-order valence-corrected chi connectivity index (χ1v) is 12.9. The lowest BCUT2D eigenvalue weighted by Gasteiger charge is -2.41. The first-order valence-electron chi connectivity index (χ1n) is 11.3. The van der Waals surface area contributed by atoms with E-state index in [1.54, 1.807) is 36.2 Å². The Labute approximate surface area is 209 Å². The van der Waals surface area contributed by atoms with Crippen molar-refractivity contribution >= 4 is 24.5 Å². The molecule has 198 valence electrons. The number of aliphatic hydroxyl groups excluding tert-OH is 1. The summed E-state index contributed by atoms with van der Waals surface area (Å²) in [6, 6.07) is 11.2. The molecule has 3 aromatic rings. The van der Waals surface area contributed by atoms with Gasteiger partial charge < -0.3 is 19.1 Å². The number of aliphatic hydroxyl groups is 1. The topological polar surface area (TPSA) is 158 Å². The molecule has 2 aromatic carbocycles. The molecule has 0 aliphatic carbocycles. The summed E-state index contributed by atoms with van der Waals surface area (Å²) in [5.41, 5.74) is -2.19. The minimum absolute atomic E-state index is 0.106. The summed E-state index contributed by atoms with van der Waals surface area (Å²) in [6.45, 7) is 2.66. The number of H-pyrrole nitrogens is 1. The van der Waals surface area contributed by atoms with Gasteiger partial charge in [-0.1, -0.05) is 36.4 Å². The summed E-state index contributed by atoms with van der Waals surface area (Å²) in [5.74, 6) is -1.71. The number of benzene rings is 2. The van der Waals surface area contributed by atoms with Crippen LogP contribution in [0.15, 0.2) is 58.3 Å². The van der Waals surface area contributed by atoms with Gasteiger partial charge in [0.1, 0.15) is 24.0 Å². The van der Waals surface area contributed by atoms with E-state index in [1.165, 1.54) is 6.92 Å². The quantitative estimate of drug-likeness (QED) is 0.257. The molecule has 1 aliphatic rings. The lowest BCUT2D eigenvalue weighted by Crippen LogP contribution is -2.55. The van der Waals surface area contributed by atoms with Crippen molar-refractivity contribution in [3.05, 3.63) is 75.3 Å². The Bertz CT molecular complexity index is 1450. The lowest BCUT2D eigenvalue weighted by molar-refractivity contribution is -0.265. The molecule has 4 rings (SSSR count). The molecule has 5 atom stereocenters. The number of halogens is 1. The third-order valence-corrected chi connectivity index (χ3v) is 7.18. The molecule has 4 unspecified atom stereocenters. The molecule has 1 aromatic heterocycles. The molecular weight excluding hydrogens is 512 g/mol. The maximum Gasteiger partial charge on any atom is 0.459 e. The van der Waals surface area contributed by atoms with Gasteiger partial charge in [-0.15, -0.1) is 0 Å². The standard InChI is InChI=1S/C23H25FN3O9P/c1-3-33-22(30)13(2)26-37(32,36-17-10-6-8-14-7-4-5-9-15(14)17)34-12-18-19(28)21(35-18)27-11-16(24)20(29)25-23(27)31/h4-11,13,18-19,21,28H,3,12H2,1-2H3,(H,26,32)(H,25,29,31)/t13-,18?,19?,21?,37?/m0/s1. The summed E-state index contributed by atoms with van der Waals surface area (Å²) in [7, 11) is -4.27. The normalized spacial score (nSPS) is 21.6. The van der Waals surface area contributed by atoms with Gasteiger partial charge in [-0.3, -0.25) is 23.7 Å². The van der Waals surface area contributed by atoms with Gasteiger partial charge in [0, 0.05) is 5.39 Å². The minimum atomic E-state index is -4.27. The average Bonchev–Trinajstić information content (AvgIpc) is 2.86. The Kier molecular flexibility index (Phi) is 7.90.